The van der Waals surface area contributed by atoms with Gasteiger partial charge in [-0.25, -0.2) is 0 Å². The smallest absolute Gasteiger partial charge is 0.156 e. The van der Waals surface area contributed by atoms with Gasteiger partial charge in [0, 0.05) is 12.4 Å². The normalized spacial score (nSPS) is 14.7. The fourth-order valence-corrected chi connectivity index (χ4v) is 0.801. The molecule has 0 radical (unpaired) electrons. The fourth-order valence-electron chi connectivity index (χ4n) is 0.801. The van der Waals surface area contributed by atoms with Gasteiger partial charge in [0.2, 0.25) is 0 Å². The molecule has 0 spiro atoms. The molecule has 0 saturated heterocycles. The third-order valence-electron chi connectivity index (χ3n) is 1.26. The van der Waals surface area contributed by atoms with Crippen molar-refractivity contribution < 1.29 is 0 Å². The predicted molar refractivity (Wildman–Crippen MR) is 32.2 cm³/mol. The topological polar surface area (TPSA) is 42.7 Å². The lowest BCUT2D eigenvalue weighted by Gasteiger charge is -2.05. The molecule has 0 aromatic carbocycles. The maximum absolute atomic E-state index is 3.86. The summed E-state index contributed by atoms with van der Waals surface area (Å²) in [4.78, 5) is 0. The minimum Gasteiger partial charge on any atom is -0.382 e. The van der Waals surface area contributed by atoms with E-state index in [9.17, 15) is 0 Å². The van der Waals surface area contributed by atoms with Crippen molar-refractivity contribution in [2.75, 3.05) is 0 Å². The molecule has 0 amide bonds. The van der Waals surface area contributed by atoms with Crippen LogP contribution in [0.3, 0.4) is 0 Å². The van der Waals surface area contributed by atoms with Gasteiger partial charge < -0.3 is 5.32 Å². The van der Waals surface area contributed by atoms with E-state index in [0.717, 1.165) is 12.4 Å². The molecular formula is C5H6N4. The summed E-state index contributed by atoms with van der Waals surface area (Å²) in [6.07, 6.45) is 5.45. The van der Waals surface area contributed by atoms with Crippen LogP contribution in [0.25, 0.3) is 6.20 Å². The van der Waals surface area contributed by atoms with Crippen molar-refractivity contribution in [3.05, 3.63) is 18.4 Å². The van der Waals surface area contributed by atoms with Gasteiger partial charge in [-0.2, -0.15) is 0 Å². The molecule has 0 saturated carbocycles. The predicted octanol–water partition coefficient (Wildman–Crippen LogP) is -0.191. The van der Waals surface area contributed by atoms with Crippen LogP contribution in [0.2, 0.25) is 0 Å². The van der Waals surface area contributed by atoms with E-state index in [2.05, 4.69) is 15.5 Å². The lowest BCUT2D eigenvalue weighted by Crippen LogP contribution is -2.13. The molecule has 2 heterocycles. The number of rotatable bonds is 0. The van der Waals surface area contributed by atoms with Gasteiger partial charge >= 0.3 is 0 Å². The molecule has 4 heteroatoms. The van der Waals surface area contributed by atoms with Crippen molar-refractivity contribution in [1.82, 2.24) is 20.1 Å². The van der Waals surface area contributed by atoms with Crippen LogP contribution < -0.4 is 5.32 Å². The summed E-state index contributed by atoms with van der Waals surface area (Å²) in [5.41, 5.74) is 0. The van der Waals surface area contributed by atoms with Crippen LogP contribution in [-0.2, 0) is 6.54 Å². The van der Waals surface area contributed by atoms with Gasteiger partial charge in [0.15, 0.2) is 5.82 Å². The van der Waals surface area contributed by atoms with Gasteiger partial charge in [-0.05, 0) is 0 Å². The average molecular weight is 122 g/mol. The monoisotopic (exact) mass is 122 g/mol. The summed E-state index contributed by atoms with van der Waals surface area (Å²) in [6.45, 7) is 0.774. The molecule has 1 aliphatic rings. The van der Waals surface area contributed by atoms with E-state index in [-0.39, 0.29) is 0 Å². The average Bonchev–Trinajstić information content (AvgIpc) is 2.33. The Morgan fingerprint density at radius 1 is 1.67 bits per heavy atom. The van der Waals surface area contributed by atoms with Crippen molar-refractivity contribution in [3.8, 4) is 0 Å². The Bertz CT molecular complexity index is 237. The number of hydrogen-bond acceptors (Lipinski definition) is 3. The van der Waals surface area contributed by atoms with Gasteiger partial charge in [-0.15, -0.1) is 10.2 Å². The lowest BCUT2D eigenvalue weighted by atomic mass is 10.5. The van der Waals surface area contributed by atoms with Crippen LogP contribution in [0, 0.1) is 0 Å². The molecule has 1 aromatic heterocycles. The second-order valence-corrected chi connectivity index (χ2v) is 1.85. The first-order valence-electron chi connectivity index (χ1n) is 2.75. The van der Waals surface area contributed by atoms with Crippen molar-refractivity contribution in [3.63, 3.8) is 0 Å². The number of fused-ring (bicyclic) bond motifs is 1. The minimum absolute atomic E-state index is 0.774. The second kappa shape index (κ2) is 1.58. The largest absolute Gasteiger partial charge is 0.382 e. The van der Waals surface area contributed by atoms with Gasteiger partial charge in [0.25, 0.3) is 0 Å². The molecule has 0 fully saturated rings. The van der Waals surface area contributed by atoms with Crippen molar-refractivity contribution in [2.24, 2.45) is 0 Å². The summed E-state index contributed by atoms with van der Waals surface area (Å²) >= 11 is 0. The Balaban J connectivity index is 2.53. The first-order chi connectivity index (χ1) is 4.47. The standard InChI is InChI=1S/C5H6N4/c1-2-9-4-7-8-5(9)3-6-1/h1-2,4,6H,3H2. The highest BCUT2D eigenvalue weighted by Gasteiger charge is 2.01. The zero-order valence-electron chi connectivity index (χ0n) is 4.78. The minimum atomic E-state index is 0.774. The summed E-state index contributed by atoms with van der Waals surface area (Å²) in [6, 6.07) is 0. The first-order valence-corrected chi connectivity index (χ1v) is 2.75. The Labute approximate surface area is 52.2 Å². The molecule has 0 atom stereocenters. The lowest BCUT2D eigenvalue weighted by molar-refractivity contribution is 0.754. The molecule has 46 valence electrons. The number of hydrogen-bond donors (Lipinski definition) is 1. The molecule has 9 heavy (non-hydrogen) atoms. The Morgan fingerprint density at radius 2 is 2.67 bits per heavy atom. The van der Waals surface area contributed by atoms with E-state index in [0.29, 0.717) is 0 Å². The zero-order chi connectivity index (χ0) is 6.10. The van der Waals surface area contributed by atoms with Crippen LogP contribution >= 0.6 is 0 Å². The first kappa shape index (κ1) is 4.55. The van der Waals surface area contributed by atoms with Crippen LogP contribution in [0.1, 0.15) is 5.82 Å². The van der Waals surface area contributed by atoms with Crippen LogP contribution in [-0.4, -0.2) is 14.8 Å². The highest BCUT2D eigenvalue weighted by molar-refractivity contribution is 5.25. The SMILES string of the molecule is C1=Cn2cnnc2CN1. The van der Waals surface area contributed by atoms with Gasteiger partial charge in [-0.3, -0.25) is 4.57 Å². The fraction of sp³-hybridized carbons (Fsp3) is 0.200. The molecule has 1 aliphatic heterocycles. The quantitative estimate of drug-likeness (QED) is 0.518. The second-order valence-electron chi connectivity index (χ2n) is 1.85. The third kappa shape index (κ3) is 0.595. The zero-order valence-corrected chi connectivity index (χ0v) is 4.78. The van der Waals surface area contributed by atoms with Crippen molar-refractivity contribution in [1.29, 1.82) is 0 Å². The van der Waals surface area contributed by atoms with Gasteiger partial charge in [-0.1, -0.05) is 0 Å². The number of nitrogens with zero attached hydrogens (tertiary/aromatic N) is 3. The van der Waals surface area contributed by atoms with Crippen LogP contribution in [0.5, 0.6) is 0 Å². The highest BCUT2D eigenvalue weighted by atomic mass is 15.3. The highest BCUT2D eigenvalue weighted by Crippen LogP contribution is 1.98. The van der Waals surface area contributed by atoms with E-state index >= 15 is 0 Å². The maximum atomic E-state index is 3.86. The molecule has 0 unspecified atom stereocenters. The molecule has 0 bridgehead atoms. The van der Waals surface area contributed by atoms with E-state index in [1.54, 1.807) is 6.33 Å². The van der Waals surface area contributed by atoms with Crippen molar-refractivity contribution in [2.45, 2.75) is 6.54 Å². The summed E-state index contributed by atoms with van der Waals surface area (Å²) < 4.78 is 1.89. The Kier molecular flexibility index (Phi) is 0.798. The van der Waals surface area contributed by atoms with Crippen LogP contribution in [0.15, 0.2) is 12.5 Å². The van der Waals surface area contributed by atoms with E-state index in [1.165, 1.54) is 0 Å². The van der Waals surface area contributed by atoms with Crippen LogP contribution in [0.4, 0.5) is 0 Å². The van der Waals surface area contributed by atoms with Crippen molar-refractivity contribution >= 4 is 6.20 Å². The molecule has 1 N–H and O–H groups in total. The summed E-state index contributed by atoms with van der Waals surface area (Å²) in [7, 11) is 0. The number of nitrogens with one attached hydrogen (secondary N) is 1. The number of aromatic nitrogens is 3. The van der Waals surface area contributed by atoms with Gasteiger partial charge in [0.05, 0.1) is 6.54 Å². The Hall–Kier alpha value is -1.32. The molecule has 0 aliphatic carbocycles. The van der Waals surface area contributed by atoms with E-state index < -0.39 is 0 Å². The Morgan fingerprint density at radius 3 is 3.56 bits per heavy atom. The third-order valence-corrected chi connectivity index (χ3v) is 1.26. The van der Waals surface area contributed by atoms with Gasteiger partial charge in [0.1, 0.15) is 6.33 Å². The molecular weight excluding hydrogens is 116 g/mol. The molecule has 2 rings (SSSR count). The van der Waals surface area contributed by atoms with E-state index in [1.807, 2.05) is 17.0 Å². The maximum Gasteiger partial charge on any atom is 0.156 e. The summed E-state index contributed by atoms with van der Waals surface area (Å²) in [5, 5.41) is 10.6. The summed E-state index contributed by atoms with van der Waals surface area (Å²) in [5.74, 6) is 0.956. The van der Waals surface area contributed by atoms with E-state index in [4.69, 9.17) is 0 Å². The molecule has 4 nitrogen and oxygen atoms in total. The molecule has 1 aromatic rings.